The third-order valence-corrected chi connectivity index (χ3v) is 5.66. The van der Waals surface area contributed by atoms with Crippen LogP contribution in [0.3, 0.4) is 0 Å². The van der Waals surface area contributed by atoms with Crippen molar-refractivity contribution in [3.63, 3.8) is 0 Å². The van der Waals surface area contributed by atoms with E-state index < -0.39 is 5.97 Å². The summed E-state index contributed by atoms with van der Waals surface area (Å²) in [5.41, 5.74) is 1.63. The number of halogens is 1. The van der Waals surface area contributed by atoms with Crippen LogP contribution in [0.15, 0.2) is 24.3 Å². The number of likely N-dealkylation sites (tertiary alicyclic amines) is 1. The molecular weight excluding hydrogens is 348 g/mol. The Hall–Kier alpha value is -1.92. The predicted molar refractivity (Wildman–Crippen MR) is 93.6 cm³/mol. The van der Waals surface area contributed by atoms with Gasteiger partial charge in [0.15, 0.2) is 0 Å². The van der Waals surface area contributed by atoms with Crippen LogP contribution < -0.4 is 0 Å². The highest BCUT2D eigenvalue weighted by molar-refractivity contribution is 7.17. The first-order chi connectivity index (χ1) is 11.5. The molecule has 3 rings (SSSR count). The van der Waals surface area contributed by atoms with Gasteiger partial charge in [-0.25, -0.2) is 4.98 Å². The summed E-state index contributed by atoms with van der Waals surface area (Å²) in [6.45, 7) is 2.78. The zero-order valence-electron chi connectivity index (χ0n) is 13.2. The van der Waals surface area contributed by atoms with Gasteiger partial charge in [0.2, 0.25) is 0 Å². The number of carboxylic acids is 1. The average Bonchev–Trinajstić information content (AvgIpc) is 2.96. The van der Waals surface area contributed by atoms with E-state index in [-0.39, 0.29) is 11.8 Å². The number of rotatable bonds is 3. The molecule has 1 saturated heterocycles. The van der Waals surface area contributed by atoms with E-state index in [4.69, 9.17) is 16.7 Å². The molecule has 24 heavy (non-hydrogen) atoms. The van der Waals surface area contributed by atoms with Crippen molar-refractivity contribution in [3.05, 3.63) is 39.9 Å². The van der Waals surface area contributed by atoms with Crippen LogP contribution in [0.2, 0.25) is 5.02 Å². The summed E-state index contributed by atoms with van der Waals surface area (Å²) in [7, 11) is 0. The molecule has 0 radical (unpaired) electrons. The van der Waals surface area contributed by atoms with Crippen molar-refractivity contribution < 1.29 is 14.7 Å². The molecule has 2 aromatic rings. The van der Waals surface area contributed by atoms with E-state index in [0.717, 1.165) is 10.6 Å². The Morgan fingerprint density at radius 3 is 2.46 bits per heavy atom. The molecule has 0 saturated carbocycles. The van der Waals surface area contributed by atoms with E-state index in [0.29, 0.717) is 41.5 Å². The van der Waals surface area contributed by atoms with Gasteiger partial charge in [-0.1, -0.05) is 23.7 Å². The number of piperidine rings is 1. The molecule has 1 aromatic heterocycles. The fraction of sp³-hybridized carbons (Fsp3) is 0.353. The van der Waals surface area contributed by atoms with Crippen LogP contribution >= 0.6 is 22.9 Å². The number of thiazole rings is 1. The number of nitrogens with zero attached hydrogens (tertiary/aromatic N) is 2. The largest absolute Gasteiger partial charge is 0.481 e. The van der Waals surface area contributed by atoms with Crippen molar-refractivity contribution in [3.8, 4) is 10.6 Å². The lowest BCUT2D eigenvalue weighted by Gasteiger charge is -2.29. The maximum Gasteiger partial charge on any atom is 0.306 e. The molecule has 0 bridgehead atoms. The molecule has 1 aliphatic heterocycles. The zero-order valence-corrected chi connectivity index (χ0v) is 14.7. The molecule has 1 aromatic carbocycles. The molecule has 0 aliphatic carbocycles. The summed E-state index contributed by atoms with van der Waals surface area (Å²) in [5.74, 6) is -1.18. The van der Waals surface area contributed by atoms with Crippen LogP contribution in [-0.2, 0) is 4.79 Å². The fourth-order valence-electron chi connectivity index (χ4n) is 2.78. The molecule has 0 spiro atoms. The first-order valence-electron chi connectivity index (χ1n) is 7.71. The maximum absolute atomic E-state index is 12.7. The summed E-state index contributed by atoms with van der Waals surface area (Å²) in [6.07, 6.45) is 1.01. The van der Waals surface area contributed by atoms with Gasteiger partial charge in [0.25, 0.3) is 5.91 Å². The van der Waals surface area contributed by atoms with Gasteiger partial charge in [-0.15, -0.1) is 11.3 Å². The number of hydrogen-bond acceptors (Lipinski definition) is 4. The van der Waals surface area contributed by atoms with Gasteiger partial charge < -0.3 is 10.0 Å². The number of benzene rings is 1. The lowest BCUT2D eigenvalue weighted by Crippen LogP contribution is -2.40. The third kappa shape index (κ3) is 3.44. The molecule has 5 nitrogen and oxygen atoms in total. The van der Waals surface area contributed by atoms with Crippen LogP contribution in [0.1, 0.15) is 28.2 Å². The van der Waals surface area contributed by atoms with Crippen molar-refractivity contribution in [1.29, 1.82) is 0 Å². The molecule has 1 N–H and O–H groups in total. The van der Waals surface area contributed by atoms with Crippen LogP contribution in [0.25, 0.3) is 10.6 Å². The number of carbonyl (C=O) groups is 2. The second kappa shape index (κ2) is 6.91. The Labute approximate surface area is 148 Å². The van der Waals surface area contributed by atoms with Crippen molar-refractivity contribution in [2.75, 3.05) is 13.1 Å². The fourth-order valence-corrected chi connectivity index (χ4v) is 3.95. The van der Waals surface area contributed by atoms with Gasteiger partial charge in [-0.3, -0.25) is 9.59 Å². The normalized spacial score (nSPS) is 15.5. The van der Waals surface area contributed by atoms with E-state index in [1.807, 2.05) is 19.1 Å². The highest BCUT2D eigenvalue weighted by atomic mass is 35.5. The minimum atomic E-state index is -0.777. The van der Waals surface area contributed by atoms with Gasteiger partial charge in [0.1, 0.15) is 9.88 Å². The summed E-state index contributed by atoms with van der Waals surface area (Å²) in [4.78, 5) is 30.6. The first kappa shape index (κ1) is 16.9. The molecule has 1 aliphatic rings. The predicted octanol–water partition coefficient (Wildman–Crippen LogP) is 3.71. The SMILES string of the molecule is Cc1nc(-c2ccc(Cl)cc2)sc1C(=O)N1CCC(C(=O)O)CC1. The summed E-state index contributed by atoms with van der Waals surface area (Å²) < 4.78 is 0. The van der Waals surface area contributed by atoms with E-state index in [2.05, 4.69) is 4.98 Å². The van der Waals surface area contributed by atoms with E-state index in [1.54, 1.807) is 17.0 Å². The maximum atomic E-state index is 12.7. The van der Waals surface area contributed by atoms with Gasteiger partial charge >= 0.3 is 5.97 Å². The Morgan fingerprint density at radius 2 is 1.88 bits per heavy atom. The highest BCUT2D eigenvalue weighted by Gasteiger charge is 2.29. The summed E-state index contributed by atoms with van der Waals surface area (Å²) >= 11 is 7.27. The number of carboxylic acid groups (broad SMARTS) is 1. The first-order valence-corrected chi connectivity index (χ1v) is 8.90. The van der Waals surface area contributed by atoms with Crippen LogP contribution in [0, 0.1) is 12.8 Å². The molecule has 0 unspecified atom stereocenters. The lowest BCUT2D eigenvalue weighted by molar-refractivity contribution is -0.143. The Morgan fingerprint density at radius 1 is 1.25 bits per heavy atom. The zero-order chi connectivity index (χ0) is 17.3. The van der Waals surface area contributed by atoms with E-state index >= 15 is 0 Å². The van der Waals surface area contributed by atoms with E-state index in [9.17, 15) is 9.59 Å². The van der Waals surface area contributed by atoms with Crippen molar-refractivity contribution in [2.45, 2.75) is 19.8 Å². The third-order valence-electron chi connectivity index (χ3n) is 4.21. The smallest absolute Gasteiger partial charge is 0.306 e. The van der Waals surface area contributed by atoms with Crippen LogP contribution in [-0.4, -0.2) is 40.0 Å². The lowest BCUT2D eigenvalue weighted by atomic mass is 9.97. The molecule has 1 fully saturated rings. The molecule has 2 heterocycles. The molecule has 7 heteroatoms. The number of amides is 1. The van der Waals surface area contributed by atoms with Crippen molar-refractivity contribution in [1.82, 2.24) is 9.88 Å². The quantitative estimate of drug-likeness (QED) is 0.901. The monoisotopic (exact) mass is 364 g/mol. The van der Waals surface area contributed by atoms with Crippen molar-refractivity contribution in [2.24, 2.45) is 5.92 Å². The molecule has 1 amide bonds. The summed E-state index contributed by atoms with van der Waals surface area (Å²) in [5, 5.41) is 10.5. The van der Waals surface area contributed by atoms with Gasteiger partial charge in [-0.05, 0) is 31.9 Å². The highest BCUT2D eigenvalue weighted by Crippen LogP contribution is 2.30. The van der Waals surface area contributed by atoms with Gasteiger partial charge in [-0.2, -0.15) is 0 Å². The molecular formula is C17H17ClN2O3S. The average molecular weight is 365 g/mol. The Balaban J connectivity index is 1.76. The van der Waals surface area contributed by atoms with Gasteiger partial charge in [0, 0.05) is 23.7 Å². The Bertz CT molecular complexity index is 765. The standard InChI is InChI=1S/C17H17ClN2O3S/c1-10-14(16(21)20-8-6-12(7-9-20)17(22)23)24-15(19-10)11-2-4-13(18)5-3-11/h2-5,12H,6-9H2,1H3,(H,22,23). The summed E-state index contributed by atoms with van der Waals surface area (Å²) in [6, 6.07) is 7.36. The van der Waals surface area contributed by atoms with Crippen molar-refractivity contribution >= 4 is 34.8 Å². The molecule has 126 valence electrons. The van der Waals surface area contributed by atoms with Crippen LogP contribution in [0.4, 0.5) is 0 Å². The second-order valence-corrected chi connectivity index (χ2v) is 7.28. The number of hydrogen-bond donors (Lipinski definition) is 1. The molecule has 0 atom stereocenters. The number of aromatic nitrogens is 1. The number of aryl methyl sites for hydroxylation is 1. The van der Waals surface area contributed by atoms with Gasteiger partial charge in [0.05, 0.1) is 11.6 Å². The van der Waals surface area contributed by atoms with Crippen LogP contribution in [0.5, 0.6) is 0 Å². The minimum absolute atomic E-state index is 0.0611. The number of carbonyl (C=O) groups excluding carboxylic acids is 1. The Kier molecular flexibility index (Phi) is 4.87. The minimum Gasteiger partial charge on any atom is -0.481 e. The number of aliphatic carboxylic acids is 1. The van der Waals surface area contributed by atoms with E-state index in [1.165, 1.54) is 11.3 Å². The second-order valence-electron chi connectivity index (χ2n) is 5.85. The topological polar surface area (TPSA) is 70.5 Å².